The summed E-state index contributed by atoms with van der Waals surface area (Å²) in [5.41, 5.74) is 6.43. The van der Waals surface area contributed by atoms with E-state index < -0.39 is 5.79 Å². The molecule has 0 aliphatic carbocycles. The predicted octanol–water partition coefficient (Wildman–Crippen LogP) is 1.41. The van der Waals surface area contributed by atoms with Crippen LogP contribution in [0.4, 0.5) is 11.5 Å². The van der Waals surface area contributed by atoms with Gasteiger partial charge >= 0.3 is 0 Å². The zero-order valence-electron chi connectivity index (χ0n) is 11.8. The minimum absolute atomic E-state index is 0.451. The van der Waals surface area contributed by atoms with Crippen molar-refractivity contribution in [2.24, 2.45) is 0 Å². The summed E-state index contributed by atoms with van der Waals surface area (Å²) in [5, 5.41) is 0. The van der Waals surface area contributed by atoms with Crippen LogP contribution in [-0.4, -0.2) is 43.7 Å². The molecule has 1 aromatic heterocycles. The van der Waals surface area contributed by atoms with Gasteiger partial charge in [-0.15, -0.1) is 0 Å². The van der Waals surface area contributed by atoms with Crippen LogP contribution in [0.25, 0.3) is 0 Å². The largest absolute Gasteiger partial charge is 0.476 e. The van der Waals surface area contributed by atoms with Crippen molar-refractivity contribution in [3.05, 3.63) is 12.1 Å². The van der Waals surface area contributed by atoms with E-state index in [9.17, 15) is 0 Å². The van der Waals surface area contributed by atoms with Crippen LogP contribution < -0.4 is 15.4 Å². The van der Waals surface area contributed by atoms with Crippen molar-refractivity contribution in [2.45, 2.75) is 25.6 Å². The van der Waals surface area contributed by atoms with Crippen molar-refractivity contribution in [2.75, 3.05) is 43.5 Å². The molecular weight excluding hydrogens is 258 g/mol. The second-order valence-electron chi connectivity index (χ2n) is 5.13. The summed E-state index contributed by atoms with van der Waals surface area (Å²) in [6, 6.07) is 3.76. The molecule has 2 fully saturated rings. The first-order valence-corrected chi connectivity index (χ1v) is 7.15. The average Bonchev–Trinajstić information content (AvgIpc) is 2.89. The quantitative estimate of drug-likeness (QED) is 0.902. The van der Waals surface area contributed by atoms with Gasteiger partial charge in [0.25, 0.3) is 0 Å². The van der Waals surface area contributed by atoms with Gasteiger partial charge in [-0.3, -0.25) is 0 Å². The molecule has 1 aromatic rings. The SMILES string of the molecule is CCOc1nc(N2CCCC3(C2)OCCO3)ccc1N. The molecule has 6 heteroatoms. The van der Waals surface area contributed by atoms with Gasteiger partial charge in [-0.1, -0.05) is 0 Å². The minimum atomic E-state index is -0.451. The Hall–Kier alpha value is -1.53. The number of rotatable bonds is 3. The lowest BCUT2D eigenvalue weighted by Gasteiger charge is -2.39. The number of piperidine rings is 1. The molecule has 0 atom stereocenters. The first-order chi connectivity index (χ1) is 9.72. The predicted molar refractivity (Wildman–Crippen MR) is 75.9 cm³/mol. The van der Waals surface area contributed by atoms with Crippen LogP contribution in [0.1, 0.15) is 19.8 Å². The standard InChI is InChI=1S/C14H21N3O3/c1-2-18-13-11(15)4-5-12(16-13)17-7-3-6-14(10-17)19-8-9-20-14/h4-5H,2-3,6-10,15H2,1H3. The number of nitrogen functional groups attached to an aromatic ring is 1. The Kier molecular flexibility index (Phi) is 3.67. The maximum absolute atomic E-state index is 5.87. The summed E-state index contributed by atoms with van der Waals surface area (Å²) in [4.78, 5) is 6.69. The van der Waals surface area contributed by atoms with E-state index in [1.807, 2.05) is 19.1 Å². The number of ether oxygens (including phenoxy) is 3. The highest BCUT2D eigenvalue weighted by atomic mass is 16.7. The van der Waals surface area contributed by atoms with Gasteiger partial charge in [-0.25, -0.2) is 0 Å². The molecule has 0 amide bonds. The van der Waals surface area contributed by atoms with E-state index in [0.717, 1.165) is 25.2 Å². The third kappa shape index (κ3) is 2.53. The Morgan fingerprint density at radius 3 is 2.95 bits per heavy atom. The fourth-order valence-corrected chi connectivity index (χ4v) is 2.79. The summed E-state index contributed by atoms with van der Waals surface area (Å²) >= 11 is 0. The van der Waals surface area contributed by atoms with Crippen LogP contribution >= 0.6 is 0 Å². The number of hydrogen-bond donors (Lipinski definition) is 1. The van der Waals surface area contributed by atoms with Crippen LogP contribution in [0.2, 0.25) is 0 Å². The molecule has 0 aromatic carbocycles. The average molecular weight is 279 g/mol. The first kappa shape index (κ1) is 13.5. The summed E-state index contributed by atoms with van der Waals surface area (Å²) in [6.45, 7) is 5.47. The first-order valence-electron chi connectivity index (χ1n) is 7.15. The van der Waals surface area contributed by atoms with Crippen molar-refractivity contribution >= 4 is 11.5 Å². The third-order valence-corrected chi connectivity index (χ3v) is 3.71. The number of nitrogens with two attached hydrogens (primary N) is 1. The molecule has 110 valence electrons. The van der Waals surface area contributed by atoms with Gasteiger partial charge in [0, 0.05) is 13.0 Å². The molecule has 0 saturated carbocycles. The second-order valence-corrected chi connectivity index (χ2v) is 5.13. The molecule has 2 saturated heterocycles. The van der Waals surface area contributed by atoms with E-state index in [0.29, 0.717) is 37.9 Å². The van der Waals surface area contributed by atoms with Gasteiger partial charge in [0.15, 0.2) is 5.79 Å². The zero-order chi connectivity index (χ0) is 14.0. The minimum Gasteiger partial charge on any atom is -0.476 e. The lowest BCUT2D eigenvalue weighted by Crippen LogP contribution is -2.49. The molecule has 2 aliphatic heterocycles. The number of hydrogen-bond acceptors (Lipinski definition) is 6. The summed E-state index contributed by atoms with van der Waals surface area (Å²) < 4.78 is 17.0. The molecule has 0 radical (unpaired) electrons. The number of aromatic nitrogens is 1. The van der Waals surface area contributed by atoms with E-state index in [-0.39, 0.29) is 0 Å². The molecule has 20 heavy (non-hydrogen) atoms. The van der Waals surface area contributed by atoms with Gasteiger partial charge < -0.3 is 24.8 Å². The highest BCUT2D eigenvalue weighted by molar-refractivity contribution is 5.54. The summed E-state index contributed by atoms with van der Waals surface area (Å²) in [6.07, 6.45) is 1.97. The molecule has 3 heterocycles. The van der Waals surface area contributed by atoms with E-state index in [1.54, 1.807) is 0 Å². The maximum atomic E-state index is 5.87. The van der Waals surface area contributed by atoms with Gasteiger partial charge in [0.2, 0.25) is 5.88 Å². The Morgan fingerprint density at radius 1 is 1.40 bits per heavy atom. The van der Waals surface area contributed by atoms with E-state index in [2.05, 4.69) is 9.88 Å². The fraction of sp³-hybridized carbons (Fsp3) is 0.643. The van der Waals surface area contributed by atoms with Crippen molar-refractivity contribution in [1.29, 1.82) is 0 Å². The van der Waals surface area contributed by atoms with Crippen molar-refractivity contribution in [3.63, 3.8) is 0 Å². The van der Waals surface area contributed by atoms with Crippen LogP contribution in [-0.2, 0) is 9.47 Å². The van der Waals surface area contributed by atoms with Gasteiger partial charge in [0.05, 0.1) is 32.1 Å². The van der Waals surface area contributed by atoms with Crippen molar-refractivity contribution in [1.82, 2.24) is 4.98 Å². The molecule has 1 spiro atoms. The molecular formula is C14H21N3O3. The van der Waals surface area contributed by atoms with Crippen molar-refractivity contribution < 1.29 is 14.2 Å². The molecule has 2 N–H and O–H groups in total. The Labute approximate surface area is 118 Å². The van der Waals surface area contributed by atoms with Crippen LogP contribution in [0.3, 0.4) is 0 Å². The van der Waals surface area contributed by atoms with Gasteiger partial charge in [-0.05, 0) is 25.5 Å². The molecule has 3 rings (SSSR count). The normalized spacial score (nSPS) is 21.4. The zero-order valence-corrected chi connectivity index (χ0v) is 11.8. The van der Waals surface area contributed by atoms with E-state index >= 15 is 0 Å². The topological polar surface area (TPSA) is 69.8 Å². The third-order valence-electron chi connectivity index (χ3n) is 3.71. The summed E-state index contributed by atoms with van der Waals surface area (Å²) in [7, 11) is 0. The lowest BCUT2D eigenvalue weighted by atomic mass is 10.0. The van der Waals surface area contributed by atoms with Gasteiger partial charge in [-0.2, -0.15) is 4.98 Å². The monoisotopic (exact) mass is 279 g/mol. The van der Waals surface area contributed by atoms with Crippen molar-refractivity contribution in [3.8, 4) is 5.88 Å². The number of anilines is 2. The Morgan fingerprint density at radius 2 is 2.20 bits per heavy atom. The van der Waals surface area contributed by atoms with E-state index in [1.165, 1.54) is 0 Å². The smallest absolute Gasteiger partial charge is 0.239 e. The van der Waals surface area contributed by atoms with Gasteiger partial charge in [0.1, 0.15) is 5.82 Å². The molecule has 2 aliphatic rings. The molecule has 0 bridgehead atoms. The van der Waals surface area contributed by atoms with Crippen LogP contribution in [0, 0.1) is 0 Å². The summed E-state index contributed by atoms with van der Waals surface area (Å²) in [5.74, 6) is 0.909. The number of nitrogens with zero attached hydrogens (tertiary/aromatic N) is 2. The Bertz CT molecular complexity index is 475. The maximum Gasteiger partial charge on any atom is 0.239 e. The fourth-order valence-electron chi connectivity index (χ4n) is 2.79. The number of pyridine rings is 1. The van der Waals surface area contributed by atoms with Crippen LogP contribution in [0.15, 0.2) is 12.1 Å². The van der Waals surface area contributed by atoms with E-state index in [4.69, 9.17) is 19.9 Å². The molecule has 0 unspecified atom stereocenters. The van der Waals surface area contributed by atoms with Crippen LogP contribution in [0.5, 0.6) is 5.88 Å². The highest BCUT2D eigenvalue weighted by Gasteiger charge is 2.41. The second kappa shape index (κ2) is 5.46. The Balaban J connectivity index is 1.79. The highest BCUT2D eigenvalue weighted by Crippen LogP contribution is 2.33. The lowest BCUT2D eigenvalue weighted by molar-refractivity contribution is -0.161. The molecule has 6 nitrogen and oxygen atoms in total.